The number of hydrogen-bond donors (Lipinski definition) is 0. The van der Waals surface area contributed by atoms with Crippen LogP contribution in [-0.2, 0) is 0 Å². The molecule has 8 heteroatoms. The minimum Gasteiger partial charge on any atom is -0.196 e. The largest absolute Gasteiger partial charge is 0.196 e. The number of nitriles is 4. The summed E-state index contributed by atoms with van der Waals surface area (Å²) in [7, 11) is 0. The van der Waals surface area contributed by atoms with Crippen molar-refractivity contribution in [2.75, 3.05) is 0 Å². The van der Waals surface area contributed by atoms with Gasteiger partial charge < -0.3 is 0 Å². The first-order valence-corrected chi connectivity index (χ1v) is 13.4. The van der Waals surface area contributed by atoms with Gasteiger partial charge in [0.15, 0.2) is 22.2 Å². The van der Waals surface area contributed by atoms with Crippen LogP contribution in [0, 0.1) is 57.2 Å². The predicted octanol–water partition coefficient (Wildman–Crippen LogP) is 7.99. The maximum absolute atomic E-state index is 9.34. The van der Waals surface area contributed by atoms with Gasteiger partial charge in [-0.25, -0.2) is 0 Å². The van der Waals surface area contributed by atoms with Crippen LogP contribution in [-0.4, -0.2) is 22.2 Å². The van der Waals surface area contributed by atoms with Crippen LogP contribution in [0.2, 0.25) is 0 Å². The fourth-order valence-corrected chi connectivity index (χ4v) is 4.96. The van der Waals surface area contributed by atoms with Crippen LogP contribution < -0.4 is 0 Å². The Bertz CT molecular complexity index is 837. The lowest BCUT2D eigenvalue weighted by Gasteiger charge is -2.29. The predicted molar refractivity (Wildman–Crippen MR) is 140 cm³/mol. The van der Waals surface area contributed by atoms with Gasteiger partial charge in [-0.1, -0.05) is 40.5 Å². The van der Waals surface area contributed by atoms with E-state index in [4.69, 9.17) is 0 Å². The van der Waals surface area contributed by atoms with E-state index in [-0.39, 0.29) is 0 Å². The minimum absolute atomic E-state index is 0.368. The smallest absolute Gasteiger partial charge is 0.167 e. The number of rotatable bonds is 8. The van der Waals surface area contributed by atoms with E-state index in [1.165, 1.54) is 12.8 Å². The zero-order valence-electron chi connectivity index (χ0n) is 23.2. The van der Waals surface area contributed by atoms with Crippen molar-refractivity contribution in [2.24, 2.45) is 32.3 Å². The molecule has 0 bridgehead atoms. The Kier molecular flexibility index (Phi) is 12.2. The summed E-state index contributed by atoms with van der Waals surface area (Å²) in [5, 5.41) is 54.1. The monoisotopic (exact) mass is 492 g/mol. The lowest BCUT2D eigenvalue weighted by atomic mass is 9.82. The highest BCUT2D eigenvalue weighted by molar-refractivity contribution is 5.12. The molecule has 2 saturated carbocycles. The molecule has 2 atom stereocenters. The highest BCUT2D eigenvalue weighted by atomic mass is 15.2. The Labute approximate surface area is 218 Å². The molecule has 36 heavy (non-hydrogen) atoms. The van der Waals surface area contributed by atoms with E-state index in [1.807, 2.05) is 27.7 Å². The van der Waals surface area contributed by atoms with E-state index < -0.39 is 22.2 Å². The molecule has 0 aromatic rings. The van der Waals surface area contributed by atoms with Gasteiger partial charge in [0.05, 0.1) is 24.3 Å². The summed E-state index contributed by atoms with van der Waals surface area (Å²) in [6.07, 6.45) is 11.1. The molecule has 2 rings (SSSR count). The van der Waals surface area contributed by atoms with Crippen molar-refractivity contribution in [3.63, 3.8) is 0 Å². The average molecular weight is 493 g/mol. The number of azo groups is 2. The van der Waals surface area contributed by atoms with Crippen LogP contribution in [0.15, 0.2) is 20.5 Å². The fraction of sp³-hybridized carbons (Fsp3) is 0.857. The van der Waals surface area contributed by atoms with Crippen molar-refractivity contribution in [1.82, 2.24) is 0 Å². The second-order valence-corrected chi connectivity index (χ2v) is 11.8. The maximum Gasteiger partial charge on any atom is 0.167 e. The van der Waals surface area contributed by atoms with Gasteiger partial charge >= 0.3 is 0 Å². The summed E-state index contributed by atoms with van der Waals surface area (Å²) in [5.41, 5.74) is -2.94. The zero-order chi connectivity index (χ0) is 27.3. The first-order valence-electron chi connectivity index (χ1n) is 13.4. The molecule has 196 valence electrons. The summed E-state index contributed by atoms with van der Waals surface area (Å²) >= 11 is 0. The minimum atomic E-state index is -0.830. The highest BCUT2D eigenvalue weighted by Crippen LogP contribution is 2.36. The molecule has 0 amide bonds. The lowest BCUT2D eigenvalue weighted by Crippen LogP contribution is -2.31. The molecule has 8 nitrogen and oxygen atoms in total. The van der Waals surface area contributed by atoms with E-state index >= 15 is 0 Å². The van der Waals surface area contributed by atoms with Crippen molar-refractivity contribution in [3.8, 4) is 24.3 Å². The van der Waals surface area contributed by atoms with Crippen LogP contribution in [0.4, 0.5) is 0 Å². The van der Waals surface area contributed by atoms with Gasteiger partial charge in [0, 0.05) is 0 Å². The Hall–Kier alpha value is -2.84. The van der Waals surface area contributed by atoms with Gasteiger partial charge in [-0.2, -0.15) is 41.5 Å². The molecule has 0 spiro atoms. The molecule has 2 aliphatic rings. The summed E-state index contributed by atoms with van der Waals surface area (Å²) in [6, 6.07) is 9.04. The average Bonchev–Trinajstić information content (AvgIpc) is 2.87. The molecule has 0 heterocycles. The molecule has 2 fully saturated rings. The van der Waals surface area contributed by atoms with Crippen LogP contribution in [0.25, 0.3) is 0 Å². The summed E-state index contributed by atoms with van der Waals surface area (Å²) in [4.78, 5) is 0. The topological polar surface area (TPSA) is 145 Å². The lowest BCUT2D eigenvalue weighted by molar-refractivity contribution is 0.310. The first-order chi connectivity index (χ1) is 16.9. The molecule has 0 radical (unpaired) electrons. The standard InChI is InChI=1S/C14H20N4.C14H24N4/c15-11-13(7-3-1-4-8-13)17-18-14(12-16)9-5-2-6-10-14;1-11(2)7-13(5,9-15)17-18-14(6,10-16)8-12(3)4/h1-10H2;11-12H,7-8H2,1-6H3. The Morgan fingerprint density at radius 2 is 0.917 bits per heavy atom. The van der Waals surface area contributed by atoms with Crippen LogP contribution in [0.5, 0.6) is 0 Å². The molecule has 0 aromatic heterocycles. The van der Waals surface area contributed by atoms with Crippen LogP contribution in [0.1, 0.15) is 119 Å². The van der Waals surface area contributed by atoms with Gasteiger partial charge in [-0.15, -0.1) is 0 Å². The molecule has 2 aliphatic carbocycles. The van der Waals surface area contributed by atoms with Gasteiger partial charge in [-0.05, 0) is 89.9 Å². The Balaban J connectivity index is 0.000000360. The normalized spacial score (nSPS) is 22.3. The van der Waals surface area contributed by atoms with Crippen LogP contribution >= 0.6 is 0 Å². The number of hydrogen-bond acceptors (Lipinski definition) is 8. The van der Waals surface area contributed by atoms with Gasteiger partial charge in [0.2, 0.25) is 0 Å². The zero-order valence-corrected chi connectivity index (χ0v) is 23.2. The van der Waals surface area contributed by atoms with E-state index in [2.05, 4.69) is 44.7 Å². The molecule has 0 aromatic carbocycles. The van der Waals surface area contributed by atoms with Crippen LogP contribution in [0.3, 0.4) is 0 Å². The van der Waals surface area contributed by atoms with Crippen molar-refractivity contribution in [2.45, 2.75) is 141 Å². The Morgan fingerprint density at radius 1 is 0.611 bits per heavy atom. The third-order valence-electron chi connectivity index (χ3n) is 6.80. The van der Waals surface area contributed by atoms with E-state index in [9.17, 15) is 21.0 Å². The molecular weight excluding hydrogens is 448 g/mol. The van der Waals surface area contributed by atoms with E-state index in [0.29, 0.717) is 24.7 Å². The first kappa shape index (κ1) is 31.2. The number of nitrogens with zero attached hydrogens (tertiary/aromatic N) is 8. The summed E-state index contributed by atoms with van der Waals surface area (Å²) in [6.45, 7) is 11.7. The quantitative estimate of drug-likeness (QED) is 0.316. The second kappa shape index (κ2) is 14.0. The molecule has 0 saturated heterocycles. The Morgan fingerprint density at radius 3 is 1.14 bits per heavy atom. The molecule has 2 unspecified atom stereocenters. The summed E-state index contributed by atoms with van der Waals surface area (Å²) in [5.74, 6) is 0.735. The molecule has 0 aliphatic heterocycles. The van der Waals surface area contributed by atoms with E-state index in [0.717, 1.165) is 51.4 Å². The third kappa shape index (κ3) is 10.0. The van der Waals surface area contributed by atoms with Crippen molar-refractivity contribution >= 4 is 0 Å². The van der Waals surface area contributed by atoms with Crippen molar-refractivity contribution in [3.05, 3.63) is 0 Å². The van der Waals surface area contributed by atoms with Gasteiger partial charge in [0.1, 0.15) is 0 Å². The highest BCUT2D eigenvalue weighted by Gasteiger charge is 2.36. The van der Waals surface area contributed by atoms with Gasteiger partial charge in [-0.3, -0.25) is 0 Å². The van der Waals surface area contributed by atoms with Crippen molar-refractivity contribution in [1.29, 1.82) is 21.0 Å². The summed E-state index contributed by atoms with van der Waals surface area (Å²) < 4.78 is 0. The molecular formula is C28H44N8. The SMILES string of the molecule is CC(C)CC(C)(C#N)N=NC(C)(C#N)CC(C)C.N#CC1(N=NC2(C#N)CCCCC2)CCCCC1. The molecule has 0 N–H and O–H groups in total. The van der Waals surface area contributed by atoms with E-state index in [1.54, 1.807) is 13.8 Å². The van der Waals surface area contributed by atoms with Gasteiger partial charge in [0.25, 0.3) is 0 Å². The second-order valence-electron chi connectivity index (χ2n) is 11.8. The van der Waals surface area contributed by atoms with Crippen molar-refractivity contribution < 1.29 is 0 Å². The third-order valence-corrected chi connectivity index (χ3v) is 6.80. The fourth-order valence-electron chi connectivity index (χ4n) is 4.96. The maximum atomic E-state index is 9.34.